The van der Waals surface area contributed by atoms with Crippen LogP contribution in [0.4, 0.5) is 0 Å². The fraction of sp³-hybridized carbons (Fsp3) is 0.562. The lowest BCUT2D eigenvalue weighted by Gasteiger charge is -2.25. The number of rotatable bonds is 4. The van der Waals surface area contributed by atoms with Crippen LogP contribution < -0.4 is 5.32 Å². The van der Waals surface area contributed by atoms with E-state index in [1.807, 2.05) is 38.1 Å². The zero-order valence-corrected chi connectivity index (χ0v) is 13.3. The Morgan fingerprint density at radius 2 is 1.63 bits per heavy atom. The highest BCUT2D eigenvalue weighted by atomic mass is 35.5. The van der Waals surface area contributed by atoms with Crippen LogP contribution in [-0.2, 0) is 5.41 Å². The molecule has 0 bridgehead atoms. The monoisotopic (exact) mass is 281 g/mol. The van der Waals surface area contributed by atoms with Crippen LogP contribution in [0, 0.1) is 0 Å². The Morgan fingerprint density at radius 1 is 1.11 bits per heavy atom. The van der Waals surface area contributed by atoms with Crippen LogP contribution in [0.1, 0.15) is 57.0 Å². The van der Waals surface area contributed by atoms with Crippen molar-refractivity contribution in [1.82, 2.24) is 5.32 Å². The molecule has 19 heavy (non-hydrogen) atoms. The molecule has 3 heteroatoms. The van der Waals surface area contributed by atoms with Gasteiger partial charge in [0.25, 0.3) is 5.91 Å². The molecule has 1 N–H and O–H groups in total. The highest BCUT2D eigenvalue weighted by molar-refractivity contribution is 6.17. The number of nitrogens with one attached hydrogen (secondary N) is 1. The standard InChI is InChI=1S/C16H24ClNO/c1-15(2,3)13-8-6-12(7-9-13)14(19)18-16(4,5)10-11-17/h6-9H,10-11H2,1-5H3,(H,18,19). The first kappa shape index (κ1) is 16.0. The largest absolute Gasteiger partial charge is 0.347 e. The quantitative estimate of drug-likeness (QED) is 0.827. The normalized spacial score (nSPS) is 12.3. The molecule has 1 rings (SSSR count). The second-order valence-corrected chi connectivity index (χ2v) is 6.98. The van der Waals surface area contributed by atoms with Gasteiger partial charge in [-0.15, -0.1) is 11.6 Å². The Hall–Kier alpha value is -1.02. The fourth-order valence-electron chi connectivity index (χ4n) is 1.80. The second-order valence-electron chi connectivity index (χ2n) is 6.60. The van der Waals surface area contributed by atoms with Crippen LogP contribution in [0.25, 0.3) is 0 Å². The zero-order valence-electron chi connectivity index (χ0n) is 12.5. The molecule has 1 aromatic carbocycles. The SMILES string of the molecule is CC(C)(CCCl)NC(=O)c1ccc(C(C)(C)C)cc1. The van der Waals surface area contributed by atoms with Crippen LogP contribution in [0.2, 0.25) is 0 Å². The molecule has 0 saturated heterocycles. The maximum Gasteiger partial charge on any atom is 0.251 e. The molecule has 2 nitrogen and oxygen atoms in total. The lowest BCUT2D eigenvalue weighted by Crippen LogP contribution is -2.43. The number of carbonyl (C=O) groups excluding carboxylic acids is 1. The predicted octanol–water partition coefficient (Wildman–Crippen LogP) is 4.12. The van der Waals surface area contributed by atoms with E-state index in [4.69, 9.17) is 11.6 Å². The molecule has 0 aliphatic carbocycles. The van der Waals surface area contributed by atoms with Crippen molar-refractivity contribution in [2.75, 3.05) is 5.88 Å². The Morgan fingerprint density at radius 3 is 2.05 bits per heavy atom. The first-order valence-corrected chi connectivity index (χ1v) is 7.18. The van der Waals surface area contributed by atoms with E-state index in [2.05, 4.69) is 26.1 Å². The molecular weight excluding hydrogens is 258 g/mol. The van der Waals surface area contributed by atoms with Gasteiger partial charge in [0, 0.05) is 17.0 Å². The van der Waals surface area contributed by atoms with E-state index in [-0.39, 0.29) is 16.9 Å². The lowest BCUT2D eigenvalue weighted by atomic mass is 9.86. The third-order valence-electron chi connectivity index (χ3n) is 3.18. The first-order valence-electron chi connectivity index (χ1n) is 6.65. The summed E-state index contributed by atoms with van der Waals surface area (Å²) in [6.45, 7) is 10.4. The minimum atomic E-state index is -0.276. The minimum Gasteiger partial charge on any atom is -0.347 e. The number of hydrogen-bond acceptors (Lipinski definition) is 1. The van der Waals surface area contributed by atoms with E-state index in [0.717, 1.165) is 6.42 Å². The Balaban J connectivity index is 2.79. The number of carbonyl (C=O) groups is 1. The van der Waals surface area contributed by atoms with Gasteiger partial charge in [0.05, 0.1) is 0 Å². The third-order valence-corrected chi connectivity index (χ3v) is 3.37. The maximum atomic E-state index is 12.1. The summed E-state index contributed by atoms with van der Waals surface area (Å²) in [5, 5.41) is 3.01. The molecule has 0 unspecified atom stereocenters. The molecule has 0 aromatic heterocycles. The average Bonchev–Trinajstić information content (AvgIpc) is 2.27. The summed E-state index contributed by atoms with van der Waals surface area (Å²) in [5.74, 6) is 0.492. The van der Waals surface area contributed by atoms with E-state index in [1.54, 1.807) is 0 Å². The van der Waals surface area contributed by atoms with Crippen molar-refractivity contribution in [3.8, 4) is 0 Å². The topological polar surface area (TPSA) is 29.1 Å². The van der Waals surface area contributed by atoms with Gasteiger partial charge >= 0.3 is 0 Å². The summed E-state index contributed by atoms with van der Waals surface area (Å²) in [7, 11) is 0. The molecule has 1 aromatic rings. The lowest BCUT2D eigenvalue weighted by molar-refractivity contribution is 0.0911. The highest BCUT2D eigenvalue weighted by Crippen LogP contribution is 2.22. The van der Waals surface area contributed by atoms with Crippen molar-refractivity contribution in [3.05, 3.63) is 35.4 Å². The van der Waals surface area contributed by atoms with Crippen molar-refractivity contribution < 1.29 is 4.79 Å². The van der Waals surface area contributed by atoms with Crippen LogP contribution in [-0.4, -0.2) is 17.3 Å². The van der Waals surface area contributed by atoms with Crippen molar-refractivity contribution in [2.24, 2.45) is 0 Å². The van der Waals surface area contributed by atoms with E-state index in [0.29, 0.717) is 11.4 Å². The molecule has 0 radical (unpaired) electrons. The van der Waals surface area contributed by atoms with Crippen molar-refractivity contribution in [3.63, 3.8) is 0 Å². The van der Waals surface area contributed by atoms with E-state index in [9.17, 15) is 4.79 Å². The Kier molecular flexibility index (Phi) is 5.03. The smallest absolute Gasteiger partial charge is 0.251 e. The van der Waals surface area contributed by atoms with Gasteiger partial charge in [-0.25, -0.2) is 0 Å². The van der Waals surface area contributed by atoms with Gasteiger partial charge in [-0.1, -0.05) is 32.9 Å². The number of amides is 1. The van der Waals surface area contributed by atoms with Crippen LogP contribution in [0.5, 0.6) is 0 Å². The van der Waals surface area contributed by atoms with Gasteiger partial charge in [0.1, 0.15) is 0 Å². The fourth-order valence-corrected chi connectivity index (χ4v) is 2.27. The van der Waals surface area contributed by atoms with Crippen molar-refractivity contribution in [2.45, 2.75) is 52.0 Å². The van der Waals surface area contributed by atoms with Gasteiger partial charge < -0.3 is 5.32 Å². The van der Waals surface area contributed by atoms with Gasteiger partial charge in [-0.2, -0.15) is 0 Å². The predicted molar refractivity (Wildman–Crippen MR) is 82.0 cm³/mol. The summed E-state index contributed by atoms with van der Waals surface area (Å²) in [6.07, 6.45) is 0.750. The Bertz CT molecular complexity index is 429. The van der Waals surface area contributed by atoms with Gasteiger partial charge in [-0.3, -0.25) is 4.79 Å². The van der Waals surface area contributed by atoms with E-state index < -0.39 is 0 Å². The molecule has 0 aliphatic heterocycles. The summed E-state index contributed by atoms with van der Waals surface area (Å²) in [4.78, 5) is 12.1. The van der Waals surface area contributed by atoms with Gasteiger partial charge in [0.2, 0.25) is 0 Å². The highest BCUT2D eigenvalue weighted by Gasteiger charge is 2.21. The number of halogens is 1. The summed E-state index contributed by atoms with van der Waals surface area (Å²) in [5.41, 5.74) is 1.74. The van der Waals surface area contributed by atoms with Crippen molar-refractivity contribution in [1.29, 1.82) is 0 Å². The third kappa shape index (κ3) is 4.87. The average molecular weight is 282 g/mol. The molecular formula is C16H24ClNO. The van der Waals surface area contributed by atoms with Gasteiger partial charge in [-0.05, 0) is 43.4 Å². The van der Waals surface area contributed by atoms with Crippen LogP contribution in [0.15, 0.2) is 24.3 Å². The minimum absolute atomic E-state index is 0.0458. The van der Waals surface area contributed by atoms with Crippen LogP contribution in [0.3, 0.4) is 0 Å². The molecule has 1 amide bonds. The van der Waals surface area contributed by atoms with Crippen molar-refractivity contribution >= 4 is 17.5 Å². The summed E-state index contributed by atoms with van der Waals surface area (Å²) >= 11 is 5.74. The molecule has 0 saturated carbocycles. The zero-order chi connectivity index (χ0) is 14.7. The summed E-state index contributed by atoms with van der Waals surface area (Å²) in [6, 6.07) is 7.80. The maximum absolute atomic E-state index is 12.1. The second kappa shape index (κ2) is 5.96. The molecule has 0 heterocycles. The summed E-state index contributed by atoms with van der Waals surface area (Å²) < 4.78 is 0. The first-order chi connectivity index (χ1) is 8.65. The van der Waals surface area contributed by atoms with E-state index in [1.165, 1.54) is 5.56 Å². The Labute approximate surface area is 121 Å². The molecule has 0 atom stereocenters. The number of hydrogen-bond donors (Lipinski definition) is 1. The number of alkyl halides is 1. The molecule has 0 fully saturated rings. The molecule has 106 valence electrons. The molecule has 0 aliphatic rings. The van der Waals surface area contributed by atoms with Crippen LogP contribution >= 0.6 is 11.6 Å². The number of benzene rings is 1. The molecule has 0 spiro atoms. The van der Waals surface area contributed by atoms with E-state index >= 15 is 0 Å². The van der Waals surface area contributed by atoms with Gasteiger partial charge in [0.15, 0.2) is 0 Å².